The molecule has 0 spiro atoms. The highest BCUT2D eigenvalue weighted by molar-refractivity contribution is 5.72. The zero-order valence-electron chi connectivity index (χ0n) is 11.6. The summed E-state index contributed by atoms with van der Waals surface area (Å²) in [5, 5.41) is 14.9. The molecule has 0 atom stereocenters. The fraction of sp³-hybridized carbons (Fsp3) is 0.200. The van der Waals surface area contributed by atoms with Crippen LogP contribution in [0.3, 0.4) is 0 Å². The summed E-state index contributed by atoms with van der Waals surface area (Å²) in [5.41, 5.74) is 2.28. The molecular weight excluding hydrogens is 266 g/mol. The lowest BCUT2D eigenvalue weighted by atomic mass is 10.1. The molecule has 0 radical (unpaired) electrons. The molecule has 6 nitrogen and oxygen atoms in total. The molecule has 6 heteroatoms. The van der Waals surface area contributed by atoms with Crippen LogP contribution >= 0.6 is 0 Å². The van der Waals surface area contributed by atoms with Crippen LogP contribution in [0.4, 0.5) is 5.82 Å². The molecule has 2 N–H and O–H groups in total. The average Bonchev–Trinajstić information content (AvgIpc) is 2.52. The fourth-order valence-corrected chi connectivity index (χ4v) is 1.81. The molecule has 2 aromatic heterocycles. The second-order valence-corrected chi connectivity index (χ2v) is 4.38. The van der Waals surface area contributed by atoms with Crippen molar-refractivity contribution in [1.82, 2.24) is 15.3 Å². The average molecular weight is 281 g/mol. The summed E-state index contributed by atoms with van der Waals surface area (Å²) in [4.78, 5) is 19.0. The van der Waals surface area contributed by atoms with Crippen LogP contribution in [0.5, 0.6) is 0 Å². The van der Waals surface area contributed by atoms with E-state index in [0.29, 0.717) is 24.5 Å². The van der Waals surface area contributed by atoms with E-state index in [2.05, 4.69) is 26.7 Å². The Kier molecular flexibility index (Phi) is 4.83. The number of nitrogens with one attached hydrogen (secondary N) is 2. The predicted octanol–water partition coefficient (Wildman–Crippen LogP) is 1.56. The van der Waals surface area contributed by atoms with E-state index in [1.54, 1.807) is 24.7 Å². The second-order valence-electron chi connectivity index (χ2n) is 4.38. The molecule has 0 aliphatic rings. The molecule has 2 aromatic rings. The molecule has 1 amide bonds. The van der Waals surface area contributed by atoms with Gasteiger partial charge < -0.3 is 10.6 Å². The van der Waals surface area contributed by atoms with E-state index in [-0.39, 0.29) is 5.91 Å². The van der Waals surface area contributed by atoms with Gasteiger partial charge in [-0.1, -0.05) is 0 Å². The minimum absolute atomic E-state index is 0.0849. The van der Waals surface area contributed by atoms with Gasteiger partial charge in [-0.25, -0.2) is 4.98 Å². The van der Waals surface area contributed by atoms with Crippen LogP contribution in [0.15, 0.2) is 36.8 Å². The van der Waals surface area contributed by atoms with Gasteiger partial charge >= 0.3 is 0 Å². The van der Waals surface area contributed by atoms with Gasteiger partial charge in [-0.05, 0) is 23.8 Å². The lowest BCUT2D eigenvalue weighted by molar-refractivity contribution is -0.118. The fourth-order valence-electron chi connectivity index (χ4n) is 1.81. The van der Waals surface area contributed by atoms with Gasteiger partial charge in [0.05, 0.1) is 5.56 Å². The predicted molar refractivity (Wildman–Crippen MR) is 79.4 cm³/mol. The number of hydrogen-bond donors (Lipinski definition) is 2. The third-order valence-electron chi connectivity index (χ3n) is 2.81. The number of pyridine rings is 2. The Hall–Kier alpha value is -2.94. The molecule has 0 saturated heterocycles. The maximum Gasteiger partial charge on any atom is 0.216 e. The summed E-state index contributed by atoms with van der Waals surface area (Å²) in [7, 11) is 0. The molecular formula is C15H15N5O. The van der Waals surface area contributed by atoms with Crippen molar-refractivity contribution in [1.29, 1.82) is 5.26 Å². The Bertz CT molecular complexity index is 664. The second kappa shape index (κ2) is 7.01. The minimum atomic E-state index is -0.0849. The van der Waals surface area contributed by atoms with E-state index >= 15 is 0 Å². The molecule has 21 heavy (non-hydrogen) atoms. The number of carbonyl (C=O) groups excluding carboxylic acids is 1. The Morgan fingerprint density at radius 2 is 2.05 bits per heavy atom. The topological polar surface area (TPSA) is 90.7 Å². The largest absolute Gasteiger partial charge is 0.367 e. The summed E-state index contributed by atoms with van der Waals surface area (Å²) in [6.45, 7) is 2.45. The maximum absolute atomic E-state index is 10.8. The first-order valence-electron chi connectivity index (χ1n) is 6.49. The third-order valence-corrected chi connectivity index (χ3v) is 2.81. The Morgan fingerprint density at radius 3 is 2.71 bits per heavy atom. The number of carbonyl (C=O) groups is 1. The maximum atomic E-state index is 10.8. The van der Waals surface area contributed by atoms with Crippen LogP contribution in [-0.2, 0) is 4.79 Å². The highest BCUT2D eigenvalue weighted by Gasteiger charge is 2.06. The Balaban J connectivity index is 2.10. The first-order chi connectivity index (χ1) is 10.2. The van der Waals surface area contributed by atoms with Gasteiger partial charge in [0, 0.05) is 44.2 Å². The highest BCUT2D eigenvalue weighted by Crippen LogP contribution is 2.21. The lowest BCUT2D eigenvalue weighted by Crippen LogP contribution is -2.26. The summed E-state index contributed by atoms with van der Waals surface area (Å²) in [6.07, 6.45) is 5.10. The molecule has 0 fully saturated rings. The van der Waals surface area contributed by atoms with Crippen molar-refractivity contribution in [2.75, 3.05) is 18.4 Å². The van der Waals surface area contributed by atoms with Crippen molar-refractivity contribution in [2.24, 2.45) is 0 Å². The van der Waals surface area contributed by atoms with Gasteiger partial charge in [0.1, 0.15) is 11.9 Å². The number of anilines is 1. The van der Waals surface area contributed by atoms with Gasteiger partial charge in [0.2, 0.25) is 5.91 Å². The molecule has 0 saturated carbocycles. The van der Waals surface area contributed by atoms with Crippen LogP contribution in [0.1, 0.15) is 12.5 Å². The van der Waals surface area contributed by atoms with Gasteiger partial charge in [-0.3, -0.25) is 9.78 Å². The first-order valence-corrected chi connectivity index (χ1v) is 6.49. The standard InChI is InChI=1S/C15H15N5O/c1-11(21)18-6-7-19-15-13(9-16)8-14(10-20-15)12-2-4-17-5-3-12/h2-5,8,10H,6-7H2,1H3,(H,18,21)(H,19,20). The third kappa shape index (κ3) is 4.01. The molecule has 2 heterocycles. The number of rotatable bonds is 5. The first kappa shape index (κ1) is 14.5. The normalized spacial score (nSPS) is 9.71. The summed E-state index contributed by atoms with van der Waals surface area (Å²) in [5.74, 6) is 0.430. The summed E-state index contributed by atoms with van der Waals surface area (Å²) >= 11 is 0. The molecule has 2 rings (SSSR count). The van der Waals surface area contributed by atoms with Crippen LogP contribution < -0.4 is 10.6 Å². The Morgan fingerprint density at radius 1 is 1.29 bits per heavy atom. The zero-order chi connectivity index (χ0) is 15.1. The quantitative estimate of drug-likeness (QED) is 0.812. The van der Waals surface area contributed by atoms with Crippen molar-refractivity contribution in [3.8, 4) is 17.2 Å². The number of amides is 1. The number of aromatic nitrogens is 2. The molecule has 0 aliphatic heterocycles. The molecule has 0 aromatic carbocycles. The van der Waals surface area contributed by atoms with Gasteiger partial charge in [-0.15, -0.1) is 0 Å². The van der Waals surface area contributed by atoms with E-state index in [0.717, 1.165) is 11.1 Å². The van der Waals surface area contributed by atoms with Crippen molar-refractivity contribution in [3.05, 3.63) is 42.4 Å². The highest BCUT2D eigenvalue weighted by atomic mass is 16.1. The van der Waals surface area contributed by atoms with E-state index in [1.807, 2.05) is 12.1 Å². The minimum Gasteiger partial charge on any atom is -0.367 e. The van der Waals surface area contributed by atoms with Crippen LogP contribution in [0.2, 0.25) is 0 Å². The Labute approximate surface area is 122 Å². The number of hydrogen-bond acceptors (Lipinski definition) is 5. The van der Waals surface area contributed by atoms with Gasteiger partial charge in [0.25, 0.3) is 0 Å². The van der Waals surface area contributed by atoms with E-state index in [1.165, 1.54) is 6.92 Å². The lowest BCUT2D eigenvalue weighted by Gasteiger charge is -2.09. The summed E-state index contributed by atoms with van der Waals surface area (Å²) in [6, 6.07) is 7.63. The smallest absolute Gasteiger partial charge is 0.216 e. The van der Waals surface area contributed by atoms with Crippen molar-refractivity contribution >= 4 is 11.7 Å². The van der Waals surface area contributed by atoms with E-state index < -0.39 is 0 Å². The summed E-state index contributed by atoms with van der Waals surface area (Å²) < 4.78 is 0. The molecule has 0 bridgehead atoms. The molecule has 0 aliphatic carbocycles. The van der Waals surface area contributed by atoms with Gasteiger partial charge in [-0.2, -0.15) is 5.26 Å². The van der Waals surface area contributed by atoms with E-state index in [4.69, 9.17) is 0 Å². The van der Waals surface area contributed by atoms with Gasteiger partial charge in [0.15, 0.2) is 0 Å². The number of nitriles is 1. The van der Waals surface area contributed by atoms with Crippen LogP contribution in [-0.4, -0.2) is 29.0 Å². The molecule has 0 unspecified atom stereocenters. The van der Waals surface area contributed by atoms with Crippen molar-refractivity contribution in [2.45, 2.75) is 6.92 Å². The molecule has 106 valence electrons. The number of nitrogens with zero attached hydrogens (tertiary/aromatic N) is 3. The van der Waals surface area contributed by atoms with Crippen LogP contribution in [0.25, 0.3) is 11.1 Å². The zero-order valence-corrected chi connectivity index (χ0v) is 11.6. The van der Waals surface area contributed by atoms with Crippen molar-refractivity contribution < 1.29 is 4.79 Å². The SMILES string of the molecule is CC(=O)NCCNc1ncc(-c2ccncc2)cc1C#N. The van der Waals surface area contributed by atoms with Crippen LogP contribution in [0, 0.1) is 11.3 Å². The monoisotopic (exact) mass is 281 g/mol. The van der Waals surface area contributed by atoms with Crippen molar-refractivity contribution in [3.63, 3.8) is 0 Å². The van der Waals surface area contributed by atoms with E-state index in [9.17, 15) is 10.1 Å².